The first kappa shape index (κ1) is 12.6. The average molecular weight is 264 g/mol. The van der Waals surface area contributed by atoms with Crippen LogP contribution in [0, 0.1) is 6.92 Å². The lowest BCUT2D eigenvalue weighted by Gasteiger charge is -2.00. The second kappa shape index (κ2) is 5.68. The van der Waals surface area contributed by atoms with Gasteiger partial charge in [0.05, 0.1) is 12.2 Å². The molecule has 2 rings (SSSR count). The van der Waals surface area contributed by atoms with E-state index < -0.39 is 5.97 Å². The van der Waals surface area contributed by atoms with Crippen molar-refractivity contribution in [2.45, 2.75) is 24.0 Å². The van der Waals surface area contributed by atoms with E-state index in [-0.39, 0.29) is 6.42 Å². The summed E-state index contributed by atoms with van der Waals surface area (Å²) in [5.74, 6) is 0.935. The summed E-state index contributed by atoms with van der Waals surface area (Å²) in [6, 6.07) is 7.42. The number of hydrogen-bond acceptors (Lipinski definition) is 5. The fourth-order valence-electron chi connectivity index (χ4n) is 1.42. The van der Waals surface area contributed by atoms with Crippen LogP contribution >= 0.6 is 11.8 Å². The van der Waals surface area contributed by atoms with E-state index in [2.05, 4.69) is 10.2 Å². The van der Waals surface area contributed by atoms with E-state index in [0.29, 0.717) is 17.5 Å². The van der Waals surface area contributed by atoms with E-state index in [9.17, 15) is 4.79 Å². The number of nitrogens with zero attached hydrogens (tertiary/aromatic N) is 2. The molecule has 5 nitrogen and oxygen atoms in total. The summed E-state index contributed by atoms with van der Waals surface area (Å²) in [6.45, 7) is 1.75. The number of carboxylic acids is 1. The van der Waals surface area contributed by atoms with Crippen LogP contribution in [-0.2, 0) is 17.0 Å². The summed E-state index contributed by atoms with van der Waals surface area (Å²) < 4.78 is 5.26. The monoisotopic (exact) mass is 264 g/mol. The van der Waals surface area contributed by atoms with Gasteiger partial charge in [0.1, 0.15) is 0 Å². The summed E-state index contributed by atoms with van der Waals surface area (Å²) in [4.78, 5) is 11.6. The molecular weight excluding hydrogens is 252 g/mol. The maximum Gasteiger partial charge on any atom is 0.307 e. The summed E-state index contributed by atoms with van der Waals surface area (Å²) in [5, 5.41) is 16.3. The Balaban J connectivity index is 1.92. The van der Waals surface area contributed by atoms with Crippen LogP contribution in [0.2, 0.25) is 0 Å². The fraction of sp³-hybridized carbons (Fsp3) is 0.250. The molecular formula is C12H12N2O3S. The molecule has 0 atom stereocenters. The van der Waals surface area contributed by atoms with Crippen molar-refractivity contribution < 1.29 is 14.3 Å². The molecule has 1 N–H and O–H groups in total. The van der Waals surface area contributed by atoms with Crippen molar-refractivity contribution in [1.82, 2.24) is 10.2 Å². The third-order valence-electron chi connectivity index (χ3n) is 2.21. The van der Waals surface area contributed by atoms with Crippen molar-refractivity contribution >= 4 is 17.7 Å². The average Bonchev–Trinajstić information content (AvgIpc) is 2.74. The Bertz CT molecular complexity index is 537. The quantitative estimate of drug-likeness (QED) is 0.835. The van der Waals surface area contributed by atoms with Crippen LogP contribution in [0.15, 0.2) is 33.6 Å². The van der Waals surface area contributed by atoms with Gasteiger partial charge in [-0.2, -0.15) is 0 Å². The molecule has 0 spiro atoms. The molecule has 0 aliphatic rings. The molecule has 0 bridgehead atoms. The van der Waals surface area contributed by atoms with Gasteiger partial charge in [-0.05, 0) is 17.7 Å². The minimum absolute atomic E-state index is 0.0494. The lowest BCUT2D eigenvalue weighted by molar-refractivity contribution is -0.136. The van der Waals surface area contributed by atoms with E-state index in [1.165, 1.54) is 0 Å². The van der Waals surface area contributed by atoms with Gasteiger partial charge in [0.25, 0.3) is 0 Å². The van der Waals surface area contributed by atoms with Crippen molar-refractivity contribution in [3.63, 3.8) is 0 Å². The predicted molar refractivity (Wildman–Crippen MR) is 66.4 cm³/mol. The molecule has 0 aliphatic carbocycles. The van der Waals surface area contributed by atoms with Crippen molar-refractivity contribution in [2.24, 2.45) is 0 Å². The predicted octanol–water partition coefficient (Wildman–Crippen LogP) is 2.30. The first-order valence-corrected chi connectivity index (χ1v) is 6.34. The molecule has 0 radical (unpaired) electrons. The van der Waals surface area contributed by atoms with Gasteiger partial charge < -0.3 is 9.52 Å². The summed E-state index contributed by atoms with van der Waals surface area (Å²) >= 11 is 1.57. The molecule has 0 amide bonds. The zero-order valence-electron chi connectivity index (χ0n) is 9.79. The Morgan fingerprint density at radius 1 is 1.33 bits per heavy atom. The first-order chi connectivity index (χ1) is 8.63. The molecule has 2 aromatic rings. The highest BCUT2D eigenvalue weighted by Crippen LogP contribution is 2.22. The smallest absolute Gasteiger partial charge is 0.307 e. The molecule has 94 valence electrons. The second-order valence-electron chi connectivity index (χ2n) is 3.72. The molecule has 0 saturated carbocycles. The van der Waals surface area contributed by atoms with E-state index in [1.54, 1.807) is 18.7 Å². The maximum absolute atomic E-state index is 10.5. The molecule has 1 aromatic carbocycles. The maximum atomic E-state index is 10.5. The van der Waals surface area contributed by atoms with Gasteiger partial charge >= 0.3 is 5.97 Å². The summed E-state index contributed by atoms with van der Waals surface area (Å²) in [6.07, 6.45) is 0.0494. The second-order valence-corrected chi connectivity index (χ2v) is 4.77. The van der Waals surface area contributed by atoms with Crippen LogP contribution in [-0.4, -0.2) is 21.3 Å². The van der Waals surface area contributed by atoms with Gasteiger partial charge in [0, 0.05) is 11.8 Å². The zero-order chi connectivity index (χ0) is 13.0. The molecule has 0 saturated heterocycles. The van der Waals surface area contributed by atoms with Crippen molar-refractivity contribution in [3.05, 3.63) is 41.6 Å². The highest BCUT2D eigenvalue weighted by molar-refractivity contribution is 7.98. The number of benzene rings is 1. The number of aryl methyl sites for hydroxylation is 1. The Labute approximate surface area is 108 Å². The molecule has 0 fully saturated rings. The largest absolute Gasteiger partial charge is 0.481 e. The van der Waals surface area contributed by atoms with Crippen LogP contribution in [0.25, 0.3) is 0 Å². The summed E-state index contributed by atoms with van der Waals surface area (Å²) in [5.41, 5.74) is 0.792. The zero-order valence-corrected chi connectivity index (χ0v) is 10.6. The standard InChI is InChI=1S/C12H12N2O3S/c1-8-13-14-11(17-8)7-18-10-4-2-9(3-5-10)6-12(15)16/h2-5H,6-7H2,1H3,(H,15,16). The van der Waals surface area contributed by atoms with Crippen LogP contribution in [0.1, 0.15) is 17.3 Å². The first-order valence-electron chi connectivity index (χ1n) is 5.36. The highest BCUT2D eigenvalue weighted by Gasteiger charge is 2.04. The lowest BCUT2D eigenvalue weighted by atomic mass is 10.2. The minimum atomic E-state index is -0.822. The molecule has 1 heterocycles. The summed E-state index contributed by atoms with van der Waals surface area (Å²) in [7, 11) is 0. The number of aliphatic carboxylic acids is 1. The highest BCUT2D eigenvalue weighted by atomic mass is 32.2. The van der Waals surface area contributed by atoms with Crippen molar-refractivity contribution in [2.75, 3.05) is 0 Å². The number of hydrogen-bond donors (Lipinski definition) is 1. The van der Waals surface area contributed by atoms with Crippen molar-refractivity contribution in [3.8, 4) is 0 Å². The Morgan fingerprint density at radius 3 is 2.61 bits per heavy atom. The topological polar surface area (TPSA) is 76.2 Å². The number of rotatable bonds is 5. The van der Waals surface area contributed by atoms with E-state index in [0.717, 1.165) is 10.5 Å². The minimum Gasteiger partial charge on any atom is -0.481 e. The SMILES string of the molecule is Cc1nnc(CSc2ccc(CC(=O)O)cc2)o1. The van der Waals surface area contributed by atoms with Gasteiger partial charge in [-0.1, -0.05) is 12.1 Å². The van der Waals surface area contributed by atoms with Crippen LogP contribution < -0.4 is 0 Å². The van der Waals surface area contributed by atoms with E-state index >= 15 is 0 Å². The Kier molecular flexibility index (Phi) is 3.99. The van der Waals surface area contributed by atoms with Gasteiger partial charge in [-0.15, -0.1) is 22.0 Å². The van der Waals surface area contributed by atoms with Gasteiger partial charge in [-0.3, -0.25) is 4.79 Å². The number of carbonyl (C=O) groups is 1. The van der Waals surface area contributed by atoms with Gasteiger partial charge in [0.15, 0.2) is 0 Å². The fourth-order valence-corrected chi connectivity index (χ4v) is 2.15. The van der Waals surface area contributed by atoms with Crippen LogP contribution in [0.3, 0.4) is 0 Å². The molecule has 1 aromatic heterocycles. The third kappa shape index (κ3) is 3.59. The molecule has 6 heteroatoms. The third-order valence-corrected chi connectivity index (χ3v) is 3.21. The number of aromatic nitrogens is 2. The van der Waals surface area contributed by atoms with Crippen molar-refractivity contribution in [1.29, 1.82) is 0 Å². The molecule has 0 unspecified atom stereocenters. The Morgan fingerprint density at radius 2 is 2.06 bits per heavy atom. The number of carboxylic acid groups (broad SMARTS) is 1. The van der Waals surface area contributed by atoms with Gasteiger partial charge in [-0.25, -0.2) is 0 Å². The van der Waals surface area contributed by atoms with Crippen LogP contribution in [0.5, 0.6) is 0 Å². The van der Waals surface area contributed by atoms with Crippen LogP contribution in [0.4, 0.5) is 0 Å². The molecule has 0 aliphatic heterocycles. The number of thioether (sulfide) groups is 1. The lowest BCUT2D eigenvalue weighted by Crippen LogP contribution is -1.99. The normalized spacial score (nSPS) is 10.5. The molecule has 18 heavy (non-hydrogen) atoms. The van der Waals surface area contributed by atoms with E-state index in [4.69, 9.17) is 9.52 Å². The Hall–Kier alpha value is -1.82. The van der Waals surface area contributed by atoms with Gasteiger partial charge in [0.2, 0.25) is 11.8 Å². The van der Waals surface area contributed by atoms with E-state index in [1.807, 2.05) is 24.3 Å².